The summed E-state index contributed by atoms with van der Waals surface area (Å²) in [5.41, 5.74) is 0.427. The second-order valence-corrected chi connectivity index (χ2v) is 5.32. The lowest BCUT2D eigenvalue weighted by molar-refractivity contribution is -0.384. The molecule has 21 heavy (non-hydrogen) atoms. The standard InChI is InChI=1S/C14H14N2O4S/c17-9-13(15-8-12-2-1-7-21-12)14(18)10-3-5-11(6-4-10)16(19)20/h1-8,13-14,17-18H,9H2. The highest BCUT2D eigenvalue weighted by Gasteiger charge is 2.19. The Hall–Kier alpha value is -2.09. The lowest BCUT2D eigenvalue weighted by Gasteiger charge is -2.17. The van der Waals surface area contributed by atoms with Crippen molar-refractivity contribution in [1.82, 2.24) is 0 Å². The van der Waals surface area contributed by atoms with E-state index in [9.17, 15) is 20.3 Å². The minimum absolute atomic E-state index is 0.0476. The summed E-state index contributed by atoms with van der Waals surface area (Å²) in [5.74, 6) is 0. The SMILES string of the molecule is O=[N+]([O-])c1ccc(C(O)C(CO)N=Cc2cccs2)cc1. The number of aliphatic hydroxyl groups is 2. The van der Waals surface area contributed by atoms with Crippen molar-refractivity contribution in [2.45, 2.75) is 12.1 Å². The molecule has 0 saturated heterocycles. The number of non-ortho nitro benzene ring substituents is 1. The first kappa shape index (κ1) is 15.3. The molecule has 0 saturated carbocycles. The molecule has 0 spiro atoms. The molecule has 2 rings (SSSR count). The van der Waals surface area contributed by atoms with E-state index in [1.165, 1.54) is 35.6 Å². The molecule has 110 valence electrons. The number of hydrogen-bond donors (Lipinski definition) is 2. The van der Waals surface area contributed by atoms with Gasteiger partial charge in [0.15, 0.2) is 0 Å². The van der Waals surface area contributed by atoms with Gasteiger partial charge in [-0.25, -0.2) is 0 Å². The molecule has 1 aromatic heterocycles. The summed E-state index contributed by atoms with van der Waals surface area (Å²) in [4.78, 5) is 15.2. The van der Waals surface area contributed by atoms with Crippen molar-refractivity contribution in [3.8, 4) is 0 Å². The molecule has 1 aromatic carbocycles. The van der Waals surface area contributed by atoms with Gasteiger partial charge in [0.05, 0.1) is 11.5 Å². The summed E-state index contributed by atoms with van der Waals surface area (Å²) in [6.07, 6.45) is 0.576. The van der Waals surface area contributed by atoms with Crippen LogP contribution in [0.2, 0.25) is 0 Å². The summed E-state index contributed by atoms with van der Waals surface area (Å²) < 4.78 is 0. The Kier molecular flexibility index (Phi) is 5.15. The second-order valence-electron chi connectivity index (χ2n) is 4.34. The molecular weight excluding hydrogens is 292 g/mol. The maximum absolute atomic E-state index is 10.6. The summed E-state index contributed by atoms with van der Waals surface area (Å²) >= 11 is 1.50. The average molecular weight is 306 g/mol. The Morgan fingerprint density at radius 1 is 1.33 bits per heavy atom. The largest absolute Gasteiger partial charge is 0.394 e. The number of aliphatic imine (C=N–C) groups is 1. The second kappa shape index (κ2) is 7.07. The van der Waals surface area contributed by atoms with Crippen LogP contribution in [0.15, 0.2) is 46.8 Å². The van der Waals surface area contributed by atoms with Crippen LogP contribution in [0.25, 0.3) is 0 Å². The van der Waals surface area contributed by atoms with E-state index in [2.05, 4.69) is 4.99 Å². The summed E-state index contributed by atoms with van der Waals surface area (Å²) in [6, 6.07) is 8.60. The molecule has 1 heterocycles. The molecule has 7 heteroatoms. The van der Waals surface area contributed by atoms with Crippen LogP contribution in [0.3, 0.4) is 0 Å². The molecule has 0 aliphatic rings. The highest BCUT2D eigenvalue weighted by molar-refractivity contribution is 7.11. The Bertz CT molecular complexity index is 610. The lowest BCUT2D eigenvalue weighted by atomic mass is 10.0. The Morgan fingerprint density at radius 3 is 2.57 bits per heavy atom. The smallest absolute Gasteiger partial charge is 0.269 e. The Balaban J connectivity index is 2.12. The van der Waals surface area contributed by atoms with Crippen LogP contribution >= 0.6 is 11.3 Å². The fraction of sp³-hybridized carbons (Fsp3) is 0.214. The predicted octanol–water partition coefficient (Wildman–Crippen LogP) is 2.17. The molecule has 0 bridgehead atoms. The number of aliphatic hydroxyl groups excluding tert-OH is 2. The van der Waals surface area contributed by atoms with E-state index >= 15 is 0 Å². The molecule has 0 fully saturated rings. The van der Waals surface area contributed by atoms with Gasteiger partial charge in [0.2, 0.25) is 0 Å². The van der Waals surface area contributed by atoms with Crippen LogP contribution < -0.4 is 0 Å². The molecule has 2 aromatic rings. The van der Waals surface area contributed by atoms with Crippen molar-refractivity contribution in [3.05, 3.63) is 62.3 Å². The third kappa shape index (κ3) is 3.94. The van der Waals surface area contributed by atoms with Gasteiger partial charge in [0.1, 0.15) is 12.1 Å². The minimum Gasteiger partial charge on any atom is -0.394 e. The van der Waals surface area contributed by atoms with E-state index in [0.29, 0.717) is 5.56 Å². The molecular formula is C14H14N2O4S. The van der Waals surface area contributed by atoms with Crippen LogP contribution in [-0.2, 0) is 0 Å². The molecule has 0 aliphatic heterocycles. The van der Waals surface area contributed by atoms with Gasteiger partial charge in [0.25, 0.3) is 5.69 Å². The van der Waals surface area contributed by atoms with Crippen molar-refractivity contribution in [1.29, 1.82) is 0 Å². The van der Waals surface area contributed by atoms with Crippen LogP contribution in [0.1, 0.15) is 16.5 Å². The van der Waals surface area contributed by atoms with Gasteiger partial charge >= 0.3 is 0 Å². The summed E-state index contributed by atoms with van der Waals surface area (Å²) in [7, 11) is 0. The third-order valence-electron chi connectivity index (χ3n) is 2.93. The summed E-state index contributed by atoms with van der Waals surface area (Å²) in [5, 5.41) is 32.0. The van der Waals surface area contributed by atoms with Crippen molar-refractivity contribution < 1.29 is 15.1 Å². The molecule has 2 N–H and O–H groups in total. The van der Waals surface area contributed by atoms with E-state index in [1.807, 2.05) is 17.5 Å². The van der Waals surface area contributed by atoms with Gasteiger partial charge in [-0.15, -0.1) is 11.3 Å². The maximum Gasteiger partial charge on any atom is 0.269 e. The highest BCUT2D eigenvalue weighted by Crippen LogP contribution is 2.22. The topological polar surface area (TPSA) is 96.0 Å². The zero-order chi connectivity index (χ0) is 15.2. The molecule has 0 amide bonds. The number of nitro groups is 1. The molecule has 0 radical (unpaired) electrons. The number of thiophene rings is 1. The Labute approximate surface area is 125 Å². The predicted molar refractivity (Wildman–Crippen MR) is 80.8 cm³/mol. The van der Waals surface area contributed by atoms with Gasteiger partial charge in [-0.2, -0.15) is 0 Å². The molecule has 0 aliphatic carbocycles. The number of rotatable bonds is 6. The number of nitro benzene ring substituents is 1. The minimum atomic E-state index is -1.02. The average Bonchev–Trinajstić information content (AvgIpc) is 3.01. The molecule has 6 nitrogen and oxygen atoms in total. The van der Waals surface area contributed by atoms with Crippen molar-refractivity contribution in [3.63, 3.8) is 0 Å². The van der Waals surface area contributed by atoms with Crippen molar-refractivity contribution in [2.24, 2.45) is 4.99 Å². The third-order valence-corrected chi connectivity index (χ3v) is 3.74. The van der Waals surface area contributed by atoms with Gasteiger partial charge in [-0.05, 0) is 29.1 Å². The molecule has 2 unspecified atom stereocenters. The Morgan fingerprint density at radius 2 is 2.05 bits per heavy atom. The van der Waals surface area contributed by atoms with Gasteiger partial charge in [0, 0.05) is 23.2 Å². The lowest BCUT2D eigenvalue weighted by Crippen LogP contribution is -2.21. The van der Waals surface area contributed by atoms with Crippen LogP contribution in [0.5, 0.6) is 0 Å². The van der Waals surface area contributed by atoms with Crippen LogP contribution in [0, 0.1) is 10.1 Å². The first-order valence-electron chi connectivity index (χ1n) is 6.22. The van der Waals surface area contributed by atoms with E-state index in [0.717, 1.165) is 4.88 Å². The van der Waals surface area contributed by atoms with E-state index in [4.69, 9.17) is 0 Å². The summed E-state index contributed by atoms with van der Waals surface area (Å²) in [6.45, 7) is -0.319. The zero-order valence-corrected chi connectivity index (χ0v) is 11.8. The quantitative estimate of drug-likeness (QED) is 0.485. The maximum atomic E-state index is 10.6. The van der Waals surface area contributed by atoms with Crippen molar-refractivity contribution in [2.75, 3.05) is 6.61 Å². The monoisotopic (exact) mass is 306 g/mol. The highest BCUT2D eigenvalue weighted by atomic mass is 32.1. The van der Waals surface area contributed by atoms with E-state index < -0.39 is 17.1 Å². The van der Waals surface area contributed by atoms with Crippen molar-refractivity contribution >= 4 is 23.2 Å². The first-order chi connectivity index (χ1) is 10.1. The number of nitrogens with zero attached hydrogens (tertiary/aromatic N) is 2. The van der Waals surface area contributed by atoms with Crippen LogP contribution in [-0.4, -0.2) is 34.0 Å². The molecule has 2 atom stereocenters. The number of hydrogen-bond acceptors (Lipinski definition) is 6. The van der Waals surface area contributed by atoms with Crippen LogP contribution in [0.4, 0.5) is 5.69 Å². The van der Waals surface area contributed by atoms with E-state index in [1.54, 1.807) is 6.21 Å². The van der Waals surface area contributed by atoms with Gasteiger partial charge in [-0.1, -0.05) is 6.07 Å². The zero-order valence-electron chi connectivity index (χ0n) is 11.0. The normalized spacial score (nSPS) is 14.2. The fourth-order valence-corrected chi connectivity index (χ4v) is 2.37. The van der Waals surface area contributed by atoms with E-state index in [-0.39, 0.29) is 12.3 Å². The fourth-order valence-electron chi connectivity index (χ4n) is 1.78. The first-order valence-corrected chi connectivity index (χ1v) is 7.09. The number of benzene rings is 1. The van der Waals surface area contributed by atoms with Gasteiger partial charge < -0.3 is 10.2 Å². The van der Waals surface area contributed by atoms with Gasteiger partial charge in [-0.3, -0.25) is 15.1 Å².